The molecule has 0 bridgehead atoms. The molecule has 0 radical (unpaired) electrons. The van der Waals surface area contributed by atoms with Crippen molar-refractivity contribution in [1.82, 2.24) is 0 Å². The zero-order valence-corrected chi connectivity index (χ0v) is 13.9. The summed E-state index contributed by atoms with van der Waals surface area (Å²) in [6.07, 6.45) is -0.931. The highest BCUT2D eigenvalue weighted by atomic mass is 79.9. The second kappa shape index (κ2) is 6.56. The van der Waals surface area contributed by atoms with Crippen LogP contribution >= 0.6 is 27.5 Å². The Labute approximate surface area is 136 Å². The highest BCUT2D eigenvalue weighted by Gasteiger charge is 2.21. The van der Waals surface area contributed by atoms with E-state index >= 15 is 0 Å². The maximum atomic E-state index is 10.6. The largest absolute Gasteiger partial charge is 0.495 e. The molecule has 0 aliphatic rings. The van der Waals surface area contributed by atoms with Gasteiger partial charge in [0.2, 0.25) is 0 Å². The molecule has 0 heterocycles. The van der Waals surface area contributed by atoms with Crippen LogP contribution in [0.25, 0.3) is 0 Å². The number of benzene rings is 2. The summed E-state index contributed by atoms with van der Waals surface area (Å²) in [6, 6.07) is 8.46. The monoisotopic (exact) mass is 371 g/mol. The second-order valence-corrected chi connectivity index (χ2v) is 5.61. The predicted octanol–water partition coefficient (Wildman–Crippen LogP) is 3.78. The first-order valence-corrected chi connectivity index (χ1v) is 7.30. The molecule has 21 heavy (non-hydrogen) atoms. The molecule has 3 N–H and O–H groups in total. The number of aliphatic hydroxyl groups excluding tert-OH is 1. The summed E-state index contributed by atoms with van der Waals surface area (Å²) < 4.78 is 11.2. The summed E-state index contributed by atoms with van der Waals surface area (Å²) in [6.45, 7) is 0. The maximum absolute atomic E-state index is 10.6. The predicted molar refractivity (Wildman–Crippen MR) is 87.2 cm³/mol. The Hall–Kier alpha value is -1.43. The Balaban J connectivity index is 2.52. The summed E-state index contributed by atoms with van der Waals surface area (Å²) in [4.78, 5) is 0. The topological polar surface area (TPSA) is 64.7 Å². The molecule has 0 aliphatic heterocycles. The van der Waals surface area contributed by atoms with E-state index in [1.54, 1.807) is 37.4 Å². The fourth-order valence-electron chi connectivity index (χ4n) is 2.10. The molecule has 112 valence electrons. The Kier molecular flexibility index (Phi) is 4.98. The van der Waals surface area contributed by atoms with Crippen molar-refractivity contribution in [1.29, 1.82) is 0 Å². The van der Waals surface area contributed by atoms with E-state index in [1.165, 1.54) is 7.11 Å². The van der Waals surface area contributed by atoms with Crippen LogP contribution in [-0.2, 0) is 0 Å². The van der Waals surface area contributed by atoms with Crippen molar-refractivity contribution in [2.45, 2.75) is 6.10 Å². The van der Waals surface area contributed by atoms with E-state index in [0.717, 1.165) is 0 Å². The number of hydrogen-bond donors (Lipinski definition) is 2. The molecule has 4 nitrogen and oxygen atoms in total. The summed E-state index contributed by atoms with van der Waals surface area (Å²) in [5.41, 5.74) is 7.49. The van der Waals surface area contributed by atoms with Crippen molar-refractivity contribution in [3.8, 4) is 11.5 Å². The van der Waals surface area contributed by atoms with Crippen LogP contribution in [0.1, 0.15) is 17.2 Å². The number of halogens is 2. The molecular weight excluding hydrogens is 358 g/mol. The first-order valence-electron chi connectivity index (χ1n) is 6.13. The van der Waals surface area contributed by atoms with E-state index < -0.39 is 6.10 Å². The minimum absolute atomic E-state index is 0.420. The molecule has 1 atom stereocenters. The van der Waals surface area contributed by atoms with E-state index in [-0.39, 0.29) is 0 Å². The number of nitrogens with two attached hydrogens (primary N) is 1. The van der Waals surface area contributed by atoms with Crippen LogP contribution in [0.15, 0.2) is 34.8 Å². The lowest BCUT2D eigenvalue weighted by Crippen LogP contribution is -2.06. The third-order valence-corrected chi connectivity index (χ3v) is 4.14. The molecule has 2 aromatic rings. The van der Waals surface area contributed by atoms with Gasteiger partial charge in [-0.1, -0.05) is 17.7 Å². The minimum Gasteiger partial charge on any atom is -0.495 e. The molecule has 2 rings (SSSR count). The molecule has 0 aliphatic carbocycles. The molecular formula is C15H15BrClNO3. The SMILES string of the molecule is COc1ccc(C(O)c2ccc(Cl)cc2N)c(OC)c1Br. The van der Waals surface area contributed by atoms with Gasteiger partial charge in [0.1, 0.15) is 22.1 Å². The molecule has 1 unspecified atom stereocenters. The van der Waals surface area contributed by atoms with Crippen LogP contribution in [0.2, 0.25) is 5.02 Å². The summed E-state index contributed by atoms with van der Waals surface area (Å²) in [5.74, 6) is 1.11. The van der Waals surface area contributed by atoms with Gasteiger partial charge < -0.3 is 20.3 Å². The number of hydrogen-bond acceptors (Lipinski definition) is 4. The maximum Gasteiger partial charge on any atom is 0.142 e. The molecule has 0 saturated heterocycles. The Morgan fingerprint density at radius 1 is 1.14 bits per heavy atom. The smallest absolute Gasteiger partial charge is 0.142 e. The number of rotatable bonds is 4. The zero-order valence-electron chi connectivity index (χ0n) is 11.6. The number of anilines is 1. The van der Waals surface area contributed by atoms with Crippen molar-refractivity contribution in [3.05, 3.63) is 51.0 Å². The van der Waals surface area contributed by atoms with Gasteiger partial charge in [-0.3, -0.25) is 0 Å². The van der Waals surface area contributed by atoms with Gasteiger partial charge in [-0.05, 0) is 40.2 Å². The van der Waals surface area contributed by atoms with E-state index in [4.69, 9.17) is 26.8 Å². The molecule has 0 amide bonds. The number of nitrogen functional groups attached to an aromatic ring is 1. The molecule has 0 fully saturated rings. The fourth-order valence-corrected chi connectivity index (χ4v) is 2.96. The van der Waals surface area contributed by atoms with E-state index in [9.17, 15) is 5.11 Å². The summed E-state index contributed by atoms with van der Waals surface area (Å²) in [7, 11) is 3.09. The molecule has 0 saturated carbocycles. The van der Waals surface area contributed by atoms with Crippen molar-refractivity contribution in [3.63, 3.8) is 0 Å². The van der Waals surface area contributed by atoms with Crippen LogP contribution in [0, 0.1) is 0 Å². The normalized spacial score (nSPS) is 12.0. The van der Waals surface area contributed by atoms with Gasteiger partial charge >= 0.3 is 0 Å². The van der Waals surface area contributed by atoms with Crippen LogP contribution < -0.4 is 15.2 Å². The molecule has 6 heteroatoms. The molecule has 0 spiro atoms. The van der Waals surface area contributed by atoms with Crippen molar-refractivity contribution >= 4 is 33.2 Å². The Morgan fingerprint density at radius 2 is 1.81 bits per heavy atom. The molecule has 0 aromatic heterocycles. The van der Waals surface area contributed by atoms with Crippen molar-refractivity contribution in [2.75, 3.05) is 20.0 Å². The minimum atomic E-state index is -0.931. The molecule has 2 aromatic carbocycles. The van der Waals surface area contributed by atoms with Crippen LogP contribution in [-0.4, -0.2) is 19.3 Å². The third kappa shape index (κ3) is 3.10. The highest BCUT2D eigenvalue weighted by molar-refractivity contribution is 9.10. The zero-order chi connectivity index (χ0) is 15.6. The first-order chi connectivity index (χ1) is 9.99. The van der Waals surface area contributed by atoms with Gasteiger partial charge in [-0.25, -0.2) is 0 Å². The van der Waals surface area contributed by atoms with E-state index in [1.807, 2.05) is 0 Å². The van der Waals surface area contributed by atoms with Crippen LogP contribution in [0.3, 0.4) is 0 Å². The first kappa shape index (κ1) is 15.9. The quantitative estimate of drug-likeness (QED) is 0.802. The lowest BCUT2D eigenvalue weighted by molar-refractivity contribution is 0.215. The van der Waals surface area contributed by atoms with Gasteiger partial charge in [0, 0.05) is 21.8 Å². The summed E-state index contributed by atoms with van der Waals surface area (Å²) >= 11 is 9.29. The summed E-state index contributed by atoms with van der Waals surface area (Å²) in [5, 5.41) is 11.1. The standard InChI is InChI=1S/C15H15BrClNO3/c1-20-12-6-5-10(15(21-2)13(12)16)14(19)9-4-3-8(17)7-11(9)18/h3-7,14,19H,18H2,1-2H3. The van der Waals surface area contributed by atoms with Crippen molar-refractivity contribution in [2.24, 2.45) is 0 Å². The van der Waals surface area contributed by atoms with E-state index in [0.29, 0.717) is 37.8 Å². The fraction of sp³-hybridized carbons (Fsp3) is 0.200. The highest BCUT2D eigenvalue weighted by Crippen LogP contribution is 2.42. The van der Waals surface area contributed by atoms with Gasteiger partial charge in [-0.2, -0.15) is 0 Å². The van der Waals surface area contributed by atoms with Gasteiger partial charge in [0.05, 0.1) is 14.2 Å². The second-order valence-electron chi connectivity index (χ2n) is 4.38. The Morgan fingerprint density at radius 3 is 2.38 bits per heavy atom. The van der Waals surface area contributed by atoms with Crippen LogP contribution in [0.5, 0.6) is 11.5 Å². The van der Waals surface area contributed by atoms with Gasteiger partial charge in [-0.15, -0.1) is 0 Å². The third-order valence-electron chi connectivity index (χ3n) is 3.15. The van der Waals surface area contributed by atoms with Crippen LogP contribution in [0.4, 0.5) is 5.69 Å². The number of methoxy groups -OCH3 is 2. The Bertz CT molecular complexity index is 664. The van der Waals surface area contributed by atoms with Crippen molar-refractivity contribution < 1.29 is 14.6 Å². The average molecular weight is 373 g/mol. The van der Waals surface area contributed by atoms with Gasteiger partial charge in [0.25, 0.3) is 0 Å². The van der Waals surface area contributed by atoms with Gasteiger partial charge in [0.15, 0.2) is 0 Å². The van der Waals surface area contributed by atoms with E-state index in [2.05, 4.69) is 15.9 Å². The lowest BCUT2D eigenvalue weighted by atomic mass is 9.99. The number of aliphatic hydroxyl groups is 1. The average Bonchev–Trinajstić information content (AvgIpc) is 2.46. The number of ether oxygens (including phenoxy) is 2. The lowest BCUT2D eigenvalue weighted by Gasteiger charge is -2.19.